The molecule has 3 fully saturated rings. The summed E-state index contributed by atoms with van der Waals surface area (Å²) in [6.07, 6.45) is 5.40. The number of amides is 1. The molecule has 3 rings (SSSR count). The molecule has 4 atom stereocenters. The molecule has 0 aromatic carbocycles. The quantitative estimate of drug-likeness (QED) is 0.861. The molecule has 3 aliphatic rings. The van der Waals surface area contributed by atoms with E-state index in [0.29, 0.717) is 26.2 Å². The number of hydrogen-bond donors (Lipinski definition) is 1. The first-order valence-corrected chi connectivity index (χ1v) is 8.75. The molecule has 126 valence electrons. The van der Waals surface area contributed by atoms with Crippen LogP contribution in [0.15, 0.2) is 0 Å². The number of nitrogens with zero attached hydrogens (tertiary/aromatic N) is 1. The van der Waals surface area contributed by atoms with E-state index in [4.69, 9.17) is 15.2 Å². The second kappa shape index (κ2) is 5.77. The highest BCUT2D eigenvalue weighted by Gasteiger charge is 2.64. The maximum Gasteiger partial charge on any atom is 0.243 e. The molecule has 2 saturated carbocycles. The van der Waals surface area contributed by atoms with E-state index in [0.717, 1.165) is 12.8 Å². The lowest BCUT2D eigenvalue weighted by molar-refractivity contribution is -0.190. The van der Waals surface area contributed by atoms with Crippen molar-refractivity contribution in [3.8, 4) is 0 Å². The summed E-state index contributed by atoms with van der Waals surface area (Å²) < 4.78 is 11.6. The van der Waals surface area contributed by atoms with Gasteiger partial charge in [0.05, 0.1) is 24.9 Å². The van der Waals surface area contributed by atoms with E-state index >= 15 is 0 Å². The van der Waals surface area contributed by atoms with Crippen LogP contribution >= 0.6 is 0 Å². The van der Waals surface area contributed by atoms with E-state index < -0.39 is 5.54 Å². The zero-order valence-corrected chi connectivity index (χ0v) is 14.1. The van der Waals surface area contributed by atoms with Crippen molar-refractivity contribution in [3.05, 3.63) is 0 Å². The van der Waals surface area contributed by atoms with Gasteiger partial charge < -0.3 is 20.1 Å². The average molecular weight is 310 g/mol. The van der Waals surface area contributed by atoms with Gasteiger partial charge in [0.1, 0.15) is 5.54 Å². The lowest BCUT2D eigenvalue weighted by atomic mass is 9.54. The number of fused-ring (bicyclic) bond motifs is 1. The molecule has 22 heavy (non-hydrogen) atoms. The summed E-state index contributed by atoms with van der Waals surface area (Å²) in [4.78, 5) is 15.2. The Morgan fingerprint density at radius 1 is 1.36 bits per heavy atom. The summed E-state index contributed by atoms with van der Waals surface area (Å²) in [6, 6.07) is 0.220. The third-order valence-corrected chi connectivity index (χ3v) is 6.20. The molecule has 0 aromatic heterocycles. The highest BCUT2D eigenvalue weighted by molar-refractivity contribution is 5.89. The van der Waals surface area contributed by atoms with Crippen LogP contribution in [0.2, 0.25) is 0 Å². The minimum absolute atomic E-state index is 0.0784. The lowest BCUT2D eigenvalue weighted by Gasteiger charge is -2.60. The molecule has 0 aromatic rings. The van der Waals surface area contributed by atoms with Gasteiger partial charge in [-0.05, 0) is 19.8 Å². The van der Waals surface area contributed by atoms with Crippen LogP contribution in [0.4, 0.5) is 0 Å². The van der Waals surface area contributed by atoms with E-state index in [1.54, 1.807) is 0 Å². The van der Waals surface area contributed by atoms with Crippen molar-refractivity contribution in [1.82, 2.24) is 4.90 Å². The molecule has 2 aliphatic carbocycles. The van der Waals surface area contributed by atoms with Gasteiger partial charge in [0, 0.05) is 25.0 Å². The fourth-order valence-corrected chi connectivity index (χ4v) is 4.40. The van der Waals surface area contributed by atoms with Crippen LogP contribution in [0.3, 0.4) is 0 Å². The topological polar surface area (TPSA) is 64.8 Å². The molecular formula is C17H30N2O3. The van der Waals surface area contributed by atoms with Gasteiger partial charge in [0.25, 0.3) is 0 Å². The lowest BCUT2D eigenvalue weighted by Crippen LogP contribution is -2.77. The largest absolute Gasteiger partial charge is 0.378 e. The maximum absolute atomic E-state index is 13.2. The summed E-state index contributed by atoms with van der Waals surface area (Å²) in [7, 11) is 0. The van der Waals surface area contributed by atoms with Crippen molar-refractivity contribution in [1.29, 1.82) is 0 Å². The molecule has 1 saturated heterocycles. The predicted molar refractivity (Wildman–Crippen MR) is 84.4 cm³/mol. The molecule has 0 bridgehead atoms. The molecule has 1 amide bonds. The number of nitrogens with two attached hydrogens (primary N) is 1. The first kappa shape index (κ1) is 16.2. The molecule has 1 aliphatic heterocycles. The monoisotopic (exact) mass is 310 g/mol. The predicted octanol–water partition coefficient (Wildman–Crippen LogP) is 1.69. The third kappa shape index (κ3) is 2.29. The molecule has 5 heteroatoms. The van der Waals surface area contributed by atoms with Crippen molar-refractivity contribution in [2.24, 2.45) is 11.1 Å². The van der Waals surface area contributed by atoms with Crippen molar-refractivity contribution < 1.29 is 14.3 Å². The van der Waals surface area contributed by atoms with Gasteiger partial charge in [-0.25, -0.2) is 0 Å². The van der Waals surface area contributed by atoms with Crippen LogP contribution in [0.5, 0.6) is 0 Å². The first-order valence-electron chi connectivity index (χ1n) is 8.75. The van der Waals surface area contributed by atoms with Crippen LogP contribution in [0, 0.1) is 5.41 Å². The van der Waals surface area contributed by atoms with Crippen LogP contribution in [-0.4, -0.2) is 54.4 Å². The Labute approximate surface area is 133 Å². The normalized spacial score (nSPS) is 40.7. The van der Waals surface area contributed by atoms with Crippen molar-refractivity contribution in [2.45, 2.75) is 76.7 Å². The van der Waals surface area contributed by atoms with Crippen molar-refractivity contribution in [3.63, 3.8) is 0 Å². The highest BCUT2D eigenvalue weighted by atomic mass is 16.5. The zero-order valence-electron chi connectivity index (χ0n) is 14.1. The molecule has 2 N–H and O–H groups in total. The van der Waals surface area contributed by atoms with Gasteiger partial charge in [-0.2, -0.15) is 0 Å². The molecular weight excluding hydrogens is 280 g/mol. The van der Waals surface area contributed by atoms with Crippen molar-refractivity contribution in [2.75, 3.05) is 19.8 Å². The van der Waals surface area contributed by atoms with Gasteiger partial charge in [-0.3, -0.25) is 4.79 Å². The Bertz CT molecular complexity index is 438. The molecule has 0 radical (unpaired) electrons. The Hall–Kier alpha value is -0.650. The summed E-state index contributed by atoms with van der Waals surface area (Å²) in [6.45, 7) is 8.09. The summed E-state index contributed by atoms with van der Waals surface area (Å²) in [5.74, 6) is 0.105. The van der Waals surface area contributed by atoms with Crippen LogP contribution in [0.1, 0.15) is 52.9 Å². The minimum atomic E-state index is -0.799. The molecule has 0 spiro atoms. The fraction of sp³-hybridized carbons (Fsp3) is 0.941. The number of ether oxygens (including phenoxy) is 2. The van der Waals surface area contributed by atoms with E-state index in [1.165, 1.54) is 12.8 Å². The summed E-state index contributed by atoms with van der Waals surface area (Å²) >= 11 is 0. The standard InChI is InChI=1S/C17H30N2O3/c1-4-21-14-11-17(18,16(14,2)3)15(20)19-9-10-22-13-8-6-5-7-12(13)19/h12-14H,4-11,18H2,1-3H3. The van der Waals surface area contributed by atoms with E-state index in [9.17, 15) is 4.79 Å². The zero-order chi connectivity index (χ0) is 16.0. The third-order valence-electron chi connectivity index (χ3n) is 6.20. The number of hydrogen-bond acceptors (Lipinski definition) is 4. The molecule has 1 heterocycles. The highest BCUT2D eigenvalue weighted by Crippen LogP contribution is 2.51. The van der Waals surface area contributed by atoms with Gasteiger partial charge in [-0.15, -0.1) is 0 Å². The second-order valence-corrected chi connectivity index (χ2v) is 7.60. The Morgan fingerprint density at radius 2 is 2.09 bits per heavy atom. The van der Waals surface area contributed by atoms with Gasteiger partial charge in [-0.1, -0.05) is 26.7 Å². The summed E-state index contributed by atoms with van der Waals surface area (Å²) in [5, 5.41) is 0. The SMILES string of the molecule is CCOC1CC(N)(C(=O)N2CCOC3CCCCC32)C1(C)C. The molecule has 5 nitrogen and oxygen atoms in total. The van der Waals surface area contributed by atoms with E-state index in [1.807, 2.05) is 11.8 Å². The van der Waals surface area contributed by atoms with Crippen LogP contribution < -0.4 is 5.73 Å². The average Bonchev–Trinajstić information content (AvgIpc) is 2.53. The van der Waals surface area contributed by atoms with E-state index in [-0.39, 0.29) is 29.6 Å². The summed E-state index contributed by atoms with van der Waals surface area (Å²) in [5.41, 5.74) is 5.47. The Balaban J connectivity index is 1.75. The second-order valence-electron chi connectivity index (χ2n) is 7.60. The fourth-order valence-electron chi connectivity index (χ4n) is 4.40. The number of carbonyl (C=O) groups is 1. The Kier molecular flexibility index (Phi) is 4.25. The number of carbonyl (C=O) groups excluding carboxylic acids is 1. The van der Waals surface area contributed by atoms with Crippen LogP contribution in [-0.2, 0) is 14.3 Å². The molecule has 4 unspecified atom stereocenters. The van der Waals surface area contributed by atoms with E-state index in [2.05, 4.69) is 13.8 Å². The number of morpholine rings is 1. The Morgan fingerprint density at radius 3 is 2.77 bits per heavy atom. The van der Waals surface area contributed by atoms with Gasteiger partial charge in [0.2, 0.25) is 5.91 Å². The van der Waals surface area contributed by atoms with Crippen LogP contribution in [0.25, 0.3) is 0 Å². The maximum atomic E-state index is 13.2. The smallest absolute Gasteiger partial charge is 0.243 e. The van der Waals surface area contributed by atoms with Crippen molar-refractivity contribution >= 4 is 5.91 Å². The minimum Gasteiger partial charge on any atom is -0.378 e. The van der Waals surface area contributed by atoms with Gasteiger partial charge in [0.15, 0.2) is 0 Å². The first-order chi connectivity index (χ1) is 10.4. The van der Waals surface area contributed by atoms with Gasteiger partial charge >= 0.3 is 0 Å². The number of rotatable bonds is 3.